The van der Waals surface area contributed by atoms with Gasteiger partial charge in [0.1, 0.15) is 0 Å². The van der Waals surface area contributed by atoms with Gasteiger partial charge in [-0.25, -0.2) is 0 Å². The first-order valence-electron chi connectivity index (χ1n) is 6.07. The van der Waals surface area contributed by atoms with Crippen molar-refractivity contribution >= 4 is 11.9 Å². The van der Waals surface area contributed by atoms with Gasteiger partial charge in [-0.15, -0.1) is 0 Å². The van der Waals surface area contributed by atoms with E-state index < -0.39 is 17.9 Å². The average Bonchev–Trinajstić information content (AvgIpc) is 2.29. The minimum Gasteiger partial charge on any atom is -0.481 e. The van der Waals surface area contributed by atoms with E-state index in [0.717, 1.165) is 19.6 Å². The number of morpholine rings is 1. The number of carboxylic acids is 1. The van der Waals surface area contributed by atoms with Crippen LogP contribution < -0.4 is 11.1 Å². The Labute approximate surface area is 106 Å². The number of hydrogen-bond donors (Lipinski definition) is 3. The van der Waals surface area contributed by atoms with Crippen LogP contribution in [0.3, 0.4) is 0 Å². The standard InChI is InChI=1S/C11H21N3O4/c1-8(7-14-2-4-18-5-3-14)13-11(17)9(12)6-10(15)16/h8-9H,2-7,12H2,1H3,(H,13,17)(H,15,16). The van der Waals surface area contributed by atoms with E-state index >= 15 is 0 Å². The van der Waals surface area contributed by atoms with Gasteiger partial charge in [-0.3, -0.25) is 14.5 Å². The minimum atomic E-state index is -1.07. The predicted octanol–water partition coefficient (Wildman–Crippen LogP) is -1.37. The number of ether oxygens (including phenoxy) is 1. The fraction of sp³-hybridized carbons (Fsp3) is 0.818. The van der Waals surface area contributed by atoms with E-state index in [1.54, 1.807) is 0 Å². The lowest BCUT2D eigenvalue weighted by atomic mass is 10.2. The molecule has 2 atom stereocenters. The van der Waals surface area contributed by atoms with E-state index in [1.165, 1.54) is 0 Å². The molecule has 0 spiro atoms. The zero-order chi connectivity index (χ0) is 13.5. The third-order valence-electron chi connectivity index (χ3n) is 2.76. The molecule has 7 nitrogen and oxygen atoms in total. The van der Waals surface area contributed by atoms with Gasteiger partial charge >= 0.3 is 5.97 Å². The van der Waals surface area contributed by atoms with E-state index in [-0.39, 0.29) is 12.5 Å². The zero-order valence-corrected chi connectivity index (χ0v) is 10.6. The largest absolute Gasteiger partial charge is 0.481 e. The molecule has 0 bridgehead atoms. The second kappa shape index (κ2) is 7.30. The first-order chi connectivity index (χ1) is 8.49. The Kier molecular flexibility index (Phi) is 6.03. The van der Waals surface area contributed by atoms with Gasteiger partial charge in [0.05, 0.1) is 25.7 Å². The van der Waals surface area contributed by atoms with Crippen molar-refractivity contribution in [2.45, 2.75) is 25.4 Å². The smallest absolute Gasteiger partial charge is 0.305 e. The maximum absolute atomic E-state index is 11.6. The summed E-state index contributed by atoms with van der Waals surface area (Å²) in [6.45, 7) is 5.71. The molecule has 7 heteroatoms. The van der Waals surface area contributed by atoms with Gasteiger partial charge in [0, 0.05) is 25.7 Å². The number of aliphatic carboxylic acids is 1. The maximum atomic E-state index is 11.6. The summed E-state index contributed by atoms with van der Waals surface area (Å²) in [4.78, 5) is 24.2. The van der Waals surface area contributed by atoms with Crippen LogP contribution in [0.25, 0.3) is 0 Å². The monoisotopic (exact) mass is 259 g/mol. The van der Waals surface area contributed by atoms with Crippen LogP contribution in [0.2, 0.25) is 0 Å². The fourth-order valence-electron chi connectivity index (χ4n) is 1.85. The summed E-state index contributed by atoms with van der Waals surface area (Å²) in [7, 11) is 0. The SMILES string of the molecule is CC(CN1CCOCC1)NC(=O)C(N)CC(=O)O. The lowest BCUT2D eigenvalue weighted by Gasteiger charge is -2.29. The molecule has 0 aromatic heterocycles. The second-order valence-corrected chi connectivity index (χ2v) is 4.53. The van der Waals surface area contributed by atoms with E-state index in [0.29, 0.717) is 13.2 Å². The van der Waals surface area contributed by atoms with Gasteiger partial charge in [-0.2, -0.15) is 0 Å². The number of carbonyl (C=O) groups excluding carboxylic acids is 1. The van der Waals surface area contributed by atoms with E-state index in [9.17, 15) is 9.59 Å². The molecule has 18 heavy (non-hydrogen) atoms. The van der Waals surface area contributed by atoms with Gasteiger partial charge in [0.2, 0.25) is 5.91 Å². The Balaban J connectivity index is 2.27. The third-order valence-corrected chi connectivity index (χ3v) is 2.76. The molecule has 4 N–H and O–H groups in total. The highest BCUT2D eigenvalue weighted by Gasteiger charge is 2.20. The molecule has 1 heterocycles. The van der Waals surface area contributed by atoms with Crippen molar-refractivity contribution in [2.75, 3.05) is 32.8 Å². The molecule has 0 aromatic carbocycles. The molecule has 1 rings (SSSR count). The van der Waals surface area contributed by atoms with Gasteiger partial charge in [0.25, 0.3) is 0 Å². The van der Waals surface area contributed by atoms with Gasteiger partial charge < -0.3 is 20.9 Å². The van der Waals surface area contributed by atoms with Crippen LogP contribution in [0.4, 0.5) is 0 Å². The average molecular weight is 259 g/mol. The molecular formula is C11H21N3O4. The highest BCUT2D eigenvalue weighted by atomic mass is 16.5. The molecule has 0 saturated carbocycles. The number of rotatable bonds is 6. The normalized spacial score (nSPS) is 20.1. The Hall–Kier alpha value is -1.18. The predicted molar refractivity (Wildman–Crippen MR) is 65.1 cm³/mol. The summed E-state index contributed by atoms with van der Waals surface area (Å²) in [6.07, 6.45) is -0.351. The van der Waals surface area contributed by atoms with Crippen molar-refractivity contribution in [2.24, 2.45) is 5.73 Å². The molecule has 1 saturated heterocycles. The fourth-order valence-corrected chi connectivity index (χ4v) is 1.85. The summed E-state index contributed by atoms with van der Waals surface area (Å²) >= 11 is 0. The Morgan fingerprint density at radius 1 is 1.44 bits per heavy atom. The Bertz CT molecular complexity index is 292. The van der Waals surface area contributed by atoms with Crippen LogP contribution >= 0.6 is 0 Å². The second-order valence-electron chi connectivity index (χ2n) is 4.53. The van der Waals surface area contributed by atoms with Crippen molar-refractivity contribution in [3.05, 3.63) is 0 Å². The van der Waals surface area contributed by atoms with Crippen molar-refractivity contribution in [3.63, 3.8) is 0 Å². The maximum Gasteiger partial charge on any atom is 0.305 e. The number of amides is 1. The van der Waals surface area contributed by atoms with Crippen LogP contribution in [-0.4, -0.2) is 66.8 Å². The topological polar surface area (TPSA) is 105 Å². The quantitative estimate of drug-likeness (QED) is 0.543. The van der Waals surface area contributed by atoms with Crippen molar-refractivity contribution in [1.29, 1.82) is 0 Å². The van der Waals surface area contributed by atoms with Crippen LogP contribution in [0.5, 0.6) is 0 Å². The Morgan fingerprint density at radius 3 is 2.61 bits per heavy atom. The van der Waals surface area contributed by atoms with Gasteiger partial charge in [-0.05, 0) is 6.92 Å². The molecule has 0 radical (unpaired) electrons. The summed E-state index contributed by atoms with van der Waals surface area (Å²) in [5, 5.41) is 11.3. The lowest BCUT2D eigenvalue weighted by Crippen LogP contribution is -2.50. The molecule has 1 aliphatic heterocycles. The molecular weight excluding hydrogens is 238 g/mol. The van der Waals surface area contributed by atoms with Crippen LogP contribution in [-0.2, 0) is 14.3 Å². The molecule has 0 aliphatic carbocycles. The molecule has 0 aromatic rings. The van der Waals surface area contributed by atoms with Gasteiger partial charge in [-0.1, -0.05) is 0 Å². The molecule has 2 unspecified atom stereocenters. The van der Waals surface area contributed by atoms with E-state index in [4.69, 9.17) is 15.6 Å². The summed E-state index contributed by atoms with van der Waals surface area (Å²) in [5.74, 6) is -1.49. The summed E-state index contributed by atoms with van der Waals surface area (Å²) in [5.41, 5.74) is 5.47. The summed E-state index contributed by atoms with van der Waals surface area (Å²) in [6, 6.07) is -1.05. The lowest BCUT2D eigenvalue weighted by molar-refractivity contribution is -0.139. The highest BCUT2D eigenvalue weighted by Crippen LogP contribution is 1.99. The number of carboxylic acid groups (broad SMARTS) is 1. The Morgan fingerprint density at radius 2 is 2.06 bits per heavy atom. The van der Waals surface area contributed by atoms with Crippen LogP contribution in [0.15, 0.2) is 0 Å². The highest BCUT2D eigenvalue weighted by molar-refractivity contribution is 5.86. The number of nitrogens with two attached hydrogens (primary N) is 1. The first-order valence-corrected chi connectivity index (χ1v) is 6.07. The summed E-state index contributed by atoms with van der Waals surface area (Å²) < 4.78 is 5.23. The van der Waals surface area contributed by atoms with E-state index in [2.05, 4.69) is 10.2 Å². The van der Waals surface area contributed by atoms with Crippen LogP contribution in [0, 0.1) is 0 Å². The van der Waals surface area contributed by atoms with Crippen molar-refractivity contribution < 1.29 is 19.4 Å². The van der Waals surface area contributed by atoms with Crippen molar-refractivity contribution in [3.8, 4) is 0 Å². The minimum absolute atomic E-state index is 0.0598. The molecule has 1 fully saturated rings. The zero-order valence-electron chi connectivity index (χ0n) is 10.6. The number of nitrogens with one attached hydrogen (secondary N) is 1. The number of carbonyl (C=O) groups is 2. The molecule has 104 valence electrons. The van der Waals surface area contributed by atoms with Crippen molar-refractivity contribution in [1.82, 2.24) is 10.2 Å². The number of hydrogen-bond acceptors (Lipinski definition) is 5. The molecule has 1 amide bonds. The number of nitrogens with zero attached hydrogens (tertiary/aromatic N) is 1. The van der Waals surface area contributed by atoms with E-state index in [1.807, 2.05) is 6.92 Å². The van der Waals surface area contributed by atoms with Gasteiger partial charge in [0.15, 0.2) is 0 Å². The molecule has 1 aliphatic rings. The third kappa shape index (κ3) is 5.44. The van der Waals surface area contributed by atoms with Crippen LogP contribution in [0.1, 0.15) is 13.3 Å². The first kappa shape index (κ1) is 14.9.